The molecule has 0 aliphatic rings. The summed E-state index contributed by atoms with van der Waals surface area (Å²) in [4.78, 5) is 31.4. The lowest BCUT2D eigenvalue weighted by atomic mass is 10.0. The topological polar surface area (TPSA) is 72.1 Å². The average molecular weight is 477 g/mol. The number of methoxy groups -OCH3 is 1. The van der Waals surface area contributed by atoms with Crippen LogP contribution in [0.25, 0.3) is 22.1 Å². The van der Waals surface area contributed by atoms with Crippen molar-refractivity contribution in [3.05, 3.63) is 94.6 Å². The first-order valence-corrected chi connectivity index (χ1v) is 11.5. The lowest BCUT2D eigenvalue weighted by molar-refractivity contribution is 0.0873. The Morgan fingerprint density at radius 2 is 1.76 bits per heavy atom. The Labute approximate surface area is 199 Å². The molecule has 0 saturated carbocycles. The molecule has 4 aromatic rings. The molecule has 34 heavy (non-hydrogen) atoms. The van der Waals surface area contributed by atoms with E-state index in [0.717, 1.165) is 5.39 Å². The van der Waals surface area contributed by atoms with Crippen molar-refractivity contribution in [1.29, 1.82) is 0 Å². The average Bonchev–Trinajstić information content (AvgIpc) is 2.86. The van der Waals surface area contributed by atoms with Gasteiger partial charge in [0.05, 0.1) is 18.4 Å². The molecule has 0 spiro atoms. The number of thioether (sulfide) groups is 1. The predicted molar refractivity (Wildman–Crippen MR) is 134 cm³/mol. The van der Waals surface area contributed by atoms with Gasteiger partial charge in [0, 0.05) is 29.6 Å². The largest absolute Gasteiger partial charge is 0.496 e. The Kier molecular flexibility index (Phi) is 6.79. The predicted octanol–water partition coefficient (Wildman–Crippen LogP) is 5.73. The molecular weight excluding hydrogens is 455 g/mol. The van der Waals surface area contributed by atoms with Gasteiger partial charge >= 0.3 is 5.63 Å². The number of carbonyl (C=O) groups excluding carboxylic acids is 1. The highest BCUT2D eigenvalue weighted by atomic mass is 32.2. The molecule has 0 unspecified atom stereocenters. The summed E-state index contributed by atoms with van der Waals surface area (Å²) in [6, 6.07) is 19.5. The van der Waals surface area contributed by atoms with Gasteiger partial charge in [-0.25, -0.2) is 14.2 Å². The number of amidine groups is 1. The molecule has 0 atom stereocenters. The van der Waals surface area contributed by atoms with Crippen molar-refractivity contribution in [2.75, 3.05) is 20.4 Å². The molecule has 0 aliphatic carbocycles. The summed E-state index contributed by atoms with van der Waals surface area (Å²) in [5.41, 5.74) is 1.87. The van der Waals surface area contributed by atoms with E-state index in [1.807, 2.05) is 12.1 Å². The summed E-state index contributed by atoms with van der Waals surface area (Å²) < 4.78 is 24.2. The van der Waals surface area contributed by atoms with E-state index in [0.29, 0.717) is 38.9 Å². The summed E-state index contributed by atoms with van der Waals surface area (Å²) in [5, 5.41) is 1.24. The zero-order valence-corrected chi connectivity index (χ0v) is 19.6. The molecule has 172 valence electrons. The first kappa shape index (κ1) is 23.3. The fraction of sp³-hybridized carbons (Fsp3) is 0.115. The Balaban J connectivity index is 1.69. The number of rotatable bonds is 4. The lowest BCUT2D eigenvalue weighted by Crippen LogP contribution is -2.31. The van der Waals surface area contributed by atoms with Crippen LogP contribution in [-0.2, 0) is 0 Å². The molecule has 0 bridgehead atoms. The molecule has 1 amide bonds. The van der Waals surface area contributed by atoms with Crippen molar-refractivity contribution in [2.24, 2.45) is 4.99 Å². The fourth-order valence-electron chi connectivity index (χ4n) is 3.46. The van der Waals surface area contributed by atoms with Gasteiger partial charge in [0.2, 0.25) is 0 Å². The smallest absolute Gasteiger partial charge is 0.344 e. The van der Waals surface area contributed by atoms with E-state index in [4.69, 9.17) is 9.15 Å². The quantitative estimate of drug-likeness (QED) is 0.214. The molecule has 4 rings (SSSR count). The van der Waals surface area contributed by atoms with Crippen molar-refractivity contribution in [3.63, 3.8) is 0 Å². The first-order chi connectivity index (χ1) is 16.4. The van der Waals surface area contributed by atoms with Crippen LogP contribution in [0.5, 0.6) is 5.75 Å². The minimum absolute atomic E-state index is 0.314. The SMILES string of the molecule is COc1cc(N=C(SC)N(C)C(=O)c2ccc(F)cc2)ccc1-c1cc2ccccc2oc1=O. The number of nitrogens with zero attached hydrogens (tertiary/aromatic N) is 2. The second-order valence-electron chi connectivity index (χ2n) is 7.34. The maximum atomic E-state index is 13.2. The van der Waals surface area contributed by atoms with Gasteiger partial charge in [-0.3, -0.25) is 9.69 Å². The number of para-hydroxylation sites is 1. The lowest BCUT2D eigenvalue weighted by Gasteiger charge is -2.18. The molecular formula is C26H21FN2O4S. The maximum absolute atomic E-state index is 13.2. The highest BCUT2D eigenvalue weighted by Gasteiger charge is 2.18. The molecule has 0 fully saturated rings. The molecule has 0 saturated heterocycles. The van der Waals surface area contributed by atoms with E-state index in [1.54, 1.807) is 49.7 Å². The van der Waals surface area contributed by atoms with Crippen LogP contribution in [0, 0.1) is 5.82 Å². The van der Waals surface area contributed by atoms with Crippen LogP contribution >= 0.6 is 11.8 Å². The Morgan fingerprint density at radius 1 is 1.03 bits per heavy atom. The highest BCUT2D eigenvalue weighted by Crippen LogP contribution is 2.33. The molecule has 0 radical (unpaired) electrons. The summed E-state index contributed by atoms with van der Waals surface area (Å²) in [5.74, 6) is -0.284. The summed E-state index contributed by atoms with van der Waals surface area (Å²) in [6.45, 7) is 0. The molecule has 0 N–H and O–H groups in total. The van der Waals surface area contributed by atoms with Gasteiger partial charge < -0.3 is 9.15 Å². The zero-order chi connectivity index (χ0) is 24.2. The minimum Gasteiger partial charge on any atom is -0.496 e. The monoisotopic (exact) mass is 476 g/mol. The number of carbonyl (C=O) groups is 1. The fourth-order valence-corrected chi connectivity index (χ4v) is 4.02. The van der Waals surface area contributed by atoms with Crippen LogP contribution in [0.3, 0.4) is 0 Å². The van der Waals surface area contributed by atoms with Gasteiger partial charge in [0.1, 0.15) is 17.1 Å². The molecule has 3 aromatic carbocycles. The third-order valence-electron chi connectivity index (χ3n) is 5.21. The van der Waals surface area contributed by atoms with E-state index in [2.05, 4.69) is 4.99 Å². The van der Waals surface area contributed by atoms with E-state index in [9.17, 15) is 14.0 Å². The van der Waals surface area contributed by atoms with Crippen LogP contribution in [0.1, 0.15) is 10.4 Å². The Bertz CT molecular complexity index is 1450. The number of benzene rings is 3. The van der Waals surface area contributed by atoms with Crippen molar-refractivity contribution in [3.8, 4) is 16.9 Å². The molecule has 1 aromatic heterocycles. The number of aliphatic imine (C=N–C) groups is 1. The number of hydrogen-bond donors (Lipinski definition) is 0. The molecule has 6 nitrogen and oxygen atoms in total. The molecule has 1 heterocycles. The third kappa shape index (κ3) is 4.72. The van der Waals surface area contributed by atoms with Gasteiger partial charge in [-0.1, -0.05) is 30.0 Å². The van der Waals surface area contributed by atoms with Gasteiger partial charge in [0.25, 0.3) is 5.91 Å². The second kappa shape index (κ2) is 9.93. The third-order valence-corrected chi connectivity index (χ3v) is 5.94. The number of halogens is 1. The summed E-state index contributed by atoms with van der Waals surface area (Å²) in [7, 11) is 3.11. The van der Waals surface area contributed by atoms with Crippen LogP contribution in [0.2, 0.25) is 0 Å². The van der Waals surface area contributed by atoms with Gasteiger partial charge in [0.15, 0.2) is 5.17 Å². The van der Waals surface area contributed by atoms with Gasteiger partial charge in [-0.05, 0) is 54.8 Å². The van der Waals surface area contributed by atoms with E-state index in [-0.39, 0.29) is 5.91 Å². The standard InChI is InChI=1S/C26H21FN2O4S/c1-29(24(30)16-8-10-18(27)11-9-16)26(34-3)28-19-12-13-20(23(15-19)32-2)21-14-17-6-4-5-7-22(17)33-25(21)31/h4-15H,1-3H3. The summed E-state index contributed by atoms with van der Waals surface area (Å²) >= 11 is 1.29. The number of amides is 1. The van der Waals surface area contributed by atoms with Crippen molar-refractivity contribution >= 4 is 39.5 Å². The minimum atomic E-state index is -0.470. The molecule has 8 heteroatoms. The number of fused-ring (bicyclic) bond motifs is 1. The normalized spacial score (nSPS) is 11.5. The first-order valence-electron chi connectivity index (χ1n) is 10.3. The van der Waals surface area contributed by atoms with E-state index >= 15 is 0 Å². The van der Waals surface area contributed by atoms with Gasteiger partial charge in [-0.15, -0.1) is 0 Å². The van der Waals surface area contributed by atoms with Crippen LogP contribution in [-0.4, -0.2) is 36.4 Å². The van der Waals surface area contributed by atoms with Crippen molar-refractivity contribution < 1.29 is 18.3 Å². The number of ether oxygens (including phenoxy) is 1. The van der Waals surface area contributed by atoms with Crippen LogP contribution < -0.4 is 10.4 Å². The van der Waals surface area contributed by atoms with Crippen molar-refractivity contribution in [1.82, 2.24) is 4.90 Å². The summed E-state index contributed by atoms with van der Waals surface area (Å²) in [6.07, 6.45) is 1.80. The maximum Gasteiger partial charge on any atom is 0.344 e. The Hall–Kier alpha value is -3.91. The second-order valence-corrected chi connectivity index (χ2v) is 8.11. The van der Waals surface area contributed by atoms with E-state index in [1.165, 1.54) is 48.0 Å². The highest BCUT2D eigenvalue weighted by molar-refractivity contribution is 8.13. The Morgan fingerprint density at radius 3 is 2.47 bits per heavy atom. The zero-order valence-electron chi connectivity index (χ0n) is 18.7. The molecule has 0 aliphatic heterocycles. The van der Waals surface area contributed by atoms with E-state index < -0.39 is 11.4 Å². The van der Waals surface area contributed by atoms with Crippen LogP contribution in [0.4, 0.5) is 10.1 Å². The van der Waals surface area contributed by atoms with Crippen molar-refractivity contribution in [2.45, 2.75) is 0 Å². The number of hydrogen-bond acceptors (Lipinski definition) is 6. The van der Waals surface area contributed by atoms with Gasteiger partial charge in [-0.2, -0.15) is 0 Å². The van der Waals surface area contributed by atoms with Crippen LogP contribution in [0.15, 0.2) is 87.0 Å².